The Balaban J connectivity index is 1.66. The van der Waals surface area contributed by atoms with E-state index < -0.39 is 12.1 Å². The summed E-state index contributed by atoms with van der Waals surface area (Å²) in [5.41, 5.74) is 18.0. The number of carbonyl (C=O) groups excluding carboxylic acids is 3. The Kier molecular flexibility index (Phi) is 18.3. The molecule has 2 atom stereocenters. The van der Waals surface area contributed by atoms with E-state index in [-0.39, 0.29) is 35.9 Å². The number of amides is 3. The first-order chi connectivity index (χ1) is 22.5. The number of benzene rings is 1. The summed E-state index contributed by atoms with van der Waals surface area (Å²) in [5, 5.41) is 19.7. The molecule has 264 valence electrons. The van der Waals surface area contributed by atoms with Crippen LogP contribution in [0.5, 0.6) is 5.75 Å². The molecule has 1 heterocycles. The fourth-order valence-corrected chi connectivity index (χ4v) is 5.31. The van der Waals surface area contributed by atoms with Gasteiger partial charge in [0.2, 0.25) is 17.7 Å². The molecule has 1 aromatic carbocycles. The highest BCUT2D eigenvalue weighted by atomic mass is 16.3. The third kappa shape index (κ3) is 16.0. The van der Waals surface area contributed by atoms with Gasteiger partial charge in [0.1, 0.15) is 11.8 Å². The Labute approximate surface area is 279 Å². The first kappa shape index (κ1) is 39.3. The molecule has 0 bridgehead atoms. The van der Waals surface area contributed by atoms with Gasteiger partial charge in [-0.3, -0.25) is 19.4 Å². The molecule has 0 aliphatic rings. The van der Waals surface area contributed by atoms with Crippen molar-refractivity contribution in [3.05, 3.63) is 30.0 Å². The molecule has 0 radical (unpaired) electrons. The Morgan fingerprint density at radius 3 is 2.34 bits per heavy atom. The molecule has 0 spiro atoms. The van der Waals surface area contributed by atoms with Crippen molar-refractivity contribution >= 4 is 34.6 Å². The normalized spacial score (nSPS) is 12.6. The van der Waals surface area contributed by atoms with Gasteiger partial charge in [0.05, 0.1) is 12.5 Å². The number of aromatic hydroxyl groups is 1. The molecular formula is C33H58N10O4. The van der Waals surface area contributed by atoms with E-state index in [0.29, 0.717) is 49.8 Å². The summed E-state index contributed by atoms with van der Waals surface area (Å²) in [4.78, 5) is 49.5. The van der Waals surface area contributed by atoms with Gasteiger partial charge in [-0.15, -0.1) is 0 Å². The Hall–Kier alpha value is -3.88. The summed E-state index contributed by atoms with van der Waals surface area (Å²) >= 11 is 0. The van der Waals surface area contributed by atoms with Gasteiger partial charge in [0.15, 0.2) is 5.96 Å². The van der Waals surface area contributed by atoms with E-state index in [9.17, 15) is 19.5 Å². The molecule has 0 saturated heterocycles. The summed E-state index contributed by atoms with van der Waals surface area (Å²) < 4.78 is 0. The van der Waals surface area contributed by atoms with Crippen LogP contribution >= 0.6 is 0 Å². The van der Waals surface area contributed by atoms with Crippen LogP contribution in [0, 0.1) is 0 Å². The van der Waals surface area contributed by atoms with Crippen molar-refractivity contribution in [1.82, 2.24) is 30.7 Å². The Morgan fingerprint density at radius 1 is 0.894 bits per heavy atom. The first-order valence-electron chi connectivity index (χ1n) is 16.7. The van der Waals surface area contributed by atoms with Crippen LogP contribution in [-0.2, 0) is 20.8 Å². The lowest BCUT2D eigenvalue weighted by molar-refractivity contribution is -0.128. The molecule has 2 rings (SSSR count). The predicted octanol–water partition coefficient (Wildman–Crippen LogP) is 0.738. The minimum absolute atomic E-state index is 0.0362. The lowest BCUT2D eigenvalue weighted by Gasteiger charge is -2.19. The van der Waals surface area contributed by atoms with E-state index in [1.54, 1.807) is 18.3 Å². The SMILES string of the molecule is CN(C)CCCCC(NC(=O)Cc1c[nH]c2cccc(O)c12)C(=O)NCCCCCN(C)CCCNC(=O)C(N)CCCN=C(N)N. The van der Waals surface area contributed by atoms with Gasteiger partial charge in [0, 0.05) is 36.7 Å². The molecule has 1 aromatic heterocycles. The number of phenolic OH excluding ortho intramolecular Hbond substituents is 1. The standard InChI is InChI=1S/C33H58N10O4/c1-42(2)19-8-5-13-27(41-29(45)22-24-23-40-26-14-9-15-28(44)30(24)26)32(47)38-16-6-4-7-20-43(3)21-11-18-37-31(46)25(34)12-10-17-39-33(35)36/h9,14-15,23,25,27,40,44H,4-8,10-13,16-22,34H2,1-3H3,(H,37,46)(H,38,47)(H,41,45)(H4,35,36,39). The number of nitrogens with zero attached hydrogens (tertiary/aromatic N) is 3. The number of nitrogens with two attached hydrogens (primary N) is 3. The number of unbranched alkanes of at least 4 members (excludes halogenated alkanes) is 3. The second-order valence-corrected chi connectivity index (χ2v) is 12.5. The number of aromatic nitrogens is 1. The highest BCUT2D eigenvalue weighted by molar-refractivity contribution is 5.94. The van der Waals surface area contributed by atoms with Gasteiger partial charge in [-0.05, 0) is 110 Å². The minimum atomic E-state index is -0.616. The van der Waals surface area contributed by atoms with Crippen LogP contribution in [0.2, 0.25) is 0 Å². The van der Waals surface area contributed by atoms with Crippen LogP contribution in [0.25, 0.3) is 10.9 Å². The van der Waals surface area contributed by atoms with Crippen LogP contribution in [0.4, 0.5) is 0 Å². The van der Waals surface area contributed by atoms with Crippen molar-refractivity contribution in [2.45, 2.75) is 76.3 Å². The maximum Gasteiger partial charge on any atom is 0.242 e. The molecule has 0 saturated carbocycles. The van der Waals surface area contributed by atoms with E-state index >= 15 is 0 Å². The van der Waals surface area contributed by atoms with Crippen LogP contribution in [-0.4, -0.2) is 116 Å². The predicted molar refractivity (Wildman–Crippen MR) is 188 cm³/mol. The van der Waals surface area contributed by atoms with Crippen LogP contribution in [0.3, 0.4) is 0 Å². The first-order valence-corrected chi connectivity index (χ1v) is 16.7. The molecule has 14 heteroatoms. The molecule has 0 fully saturated rings. The van der Waals surface area contributed by atoms with E-state index in [0.717, 1.165) is 63.7 Å². The van der Waals surface area contributed by atoms with Crippen molar-refractivity contribution in [2.24, 2.45) is 22.2 Å². The number of nitrogens with one attached hydrogen (secondary N) is 4. The van der Waals surface area contributed by atoms with Gasteiger partial charge in [0.25, 0.3) is 0 Å². The molecule has 47 heavy (non-hydrogen) atoms. The molecule has 2 unspecified atom stereocenters. The maximum absolute atomic E-state index is 13.1. The van der Waals surface area contributed by atoms with Crippen molar-refractivity contribution < 1.29 is 19.5 Å². The lowest BCUT2D eigenvalue weighted by atomic mass is 10.1. The third-order valence-corrected chi connectivity index (χ3v) is 7.95. The molecular weight excluding hydrogens is 600 g/mol. The van der Waals surface area contributed by atoms with Crippen molar-refractivity contribution in [2.75, 3.05) is 60.4 Å². The largest absolute Gasteiger partial charge is 0.507 e. The van der Waals surface area contributed by atoms with Crippen molar-refractivity contribution in [1.29, 1.82) is 0 Å². The fourth-order valence-electron chi connectivity index (χ4n) is 5.31. The molecule has 2 aromatic rings. The number of carbonyl (C=O) groups is 3. The number of hydrogen-bond donors (Lipinski definition) is 8. The van der Waals surface area contributed by atoms with E-state index in [1.807, 2.05) is 20.2 Å². The molecule has 11 N–H and O–H groups in total. The summed E-state index contributed by atoms with van der Waals surface area (Å²) in [6, 6.07) is 4.00. The number of rotatable bonds is 24. The highest BCUT2D eigenvalue weighted by Crippen LogP contribution is 2.27. The van der Waals surface area contributed by atoms with Gasteiger partial charge >= 0.3 is 0 Å². The quantitative estimate of drug-likeness (QED) is 0.0452. The number of aliphatic imine (C=N–C) groups is 1. The average molecular weight is 659 g/mol. The summed E-state index contributed by atoms with van der Waals surface area (Å²) in [5.74, 6) is -0.433. The average Bonchev–Trinajstić information content (AvgIpc) is 3.43. The summed E-state index contributed by atoms with van der Waals surface area (Å²) in [7, 11) is 6.08. The smallest absolute Gasteiger partial charge is 0.242 e. The van der Waals surface area contributed by atoms with Gasteiger partial charge in [-0.1, -0.05) is 12.5 Å². The van der Waals surface area contributed by atoms with Crippen LogP contribution in [0.15, 0.2) is 29.4 Å². The summed E-state index contributed by atoms with van der Waals surface area (Å²) in [6.07, 6.45) is 8.86. The zero-order chi connectivity index (χ0) is 34.6. The van der Waals surface area contributed by atoms with Crippen molar-refractivity contribution in [3.63, 3.8) is 0 Å². The number of hydrogen-bond acceptors (Lipinski definition) is 8. The monoisotopic (exact) mass is 658 g/mol. The lowest BCUT2D eigenvalue weighted by Crippen LogP contribution is -2.47. The molecule has 3 amide bonds. The molecule has 0 aliphatic carbocycles. The van der Waals surface area contributed by atoms with Crippen LogP contribution < -0.4 is 33.2 Å². The Morgan fingerprint density at radius 2 is 1.60 bits per heavy atom. The zero-order valence-electron chi connectivity index (χ0n) is 28.5. The minimum Gasteiger partial charge on any atom is -0.507 e. The molecule has 0 aliphatic heterocycles. The van der Waals surface area contributed by atoms with E-state index in [2.05, 4.69) is 42.8 Å². The second-order valence-electron chi connectivity index (χ2n) is 12.5. The number of phenols is 1. The zero-order valence-corrected chi connectivity index (χ0v) is 28.5. The Bertz CT molecular complexity index is 1260. The number of H-pyrrole nitrogens is 1. The summed E-state index contributed by atoms with van der Waals surface area (Å²) in [6.45, 7) is 4.24. The fraction of sp³-hybridized carbons (Fsp3) is 0.636. The van der Waals surface area contributed by atoms with Gasteiger partial charge in [-0.2, -0.15) is 0 Å². The highest BCUT2D eigenvalue weighted by Gasteiger charge is 2.21. The number of aromatic amines is 1. The van der Waals surface area contributed by atoms with E-state index in [4.69, 9.17) is 17.2 Å². The second kappa shape index (κ2) is 21.8. The maximum atomic E-state index is 13.1. The van der Waals surface area contributed by atoms with Gasteiger partial charge < -0.3 is 53.0 Å². The molecule has 14 nitrogen and oxygen atoms in total. The van der Waals surface area contributed by atoms with E-state index in [1.165, 1.54) is 0 Å². The van der Waals surface area contributed by atoms with Crippen LogP contribution in [0.1, 0.15) is 63.4 Å². The number of guanidine groups is 1. The number of fused-ring (bicyclic) bond motifs is 1. The van der Waals surface area contributed by atoms with Crippen molar-refractivity contribution in [3.8, 4) is 5.75 Å². The third-order valence-electron chi connectivity index (χ3n) is 7.95. The topological polar surface area (TPSA) is 220 Å². The van der Waals surface area contributed by atoms with Gasteiger partial charge in [-0.25, -0.2) is 0 Å².